The number of likely N-dealkylation sites (tertiary alicyclic amines) is 1. The molecule has 6 nitrogen and oxygen atoms in total. The van der Waals surface area contributed by atoms with Gasteiger partial charge in [-0.05, 0) is 51.3 Å². The number of carbonyl (C=O) groups excluding carboxylic acids is 1. The molecule has 1 atom stereocenters. The quantitative estimate of drug-likeness (QED) is 0.859. The van der Waals surface area contributed by atoms with Gasteiger partial charge in [-0.3, -0.25) is 9.69 Å². The number of nitrogens with zero attached hydrogens (tertiary/aromatic N) is 5. The number of hydrogen-bond acceptors (Lipinski definition) is 4. The predicted molar refractivity (Wildman–Crippen MR) is 96.7 cm³/mol. The van der Waals surface area contributed by atoms with E-state index in [-0.39, 0.29) is 5.91 Å². The van der Waals surface area contributed by atoms with Gasteiger partial charge in [-0.15, -0.1) is 0 Å². The van der Waals surface area contributed by atoms with Crippen molar-refractivity contribution in [3.63, 3.8) is 0 Å². The van der Waals surface area contributed by atoms with Crippen LogP contribution in [0.15, 0.2) is 24.3 Å². The van der Waals surface area contributed by atoms with Crippen LogP contribution in [0.25, 0.3) is 0 Å². The summed E-state index contributed by atoms with van der Waals surface area (Å²) in [5, 5.41) is 4.54. The van der Waals surface area contributed by atoms with E-state index in [4.69, 9.17) is 0 Å². The lowest BCUT2D eigenvalue weighted by molar-refractivity contribution is -0.120. The van der Waals surface area contributed by atoms with Gasteiger partial charge in [-0.2, -0.15) is 5.10 Å². The van der Waals surface area contributed by atoms with Crippen molar-refractivity contribution in [2.45, 2.75) is 39.2 Å². The first-order valence-corrected chi connectivity index (χ1v) is 9.12. The maximum absolute atomic E-state index is 12.8. The lowest BCUT2D eigenvalue weighted by Crippen LogP contribution is -2.44. The van der Waals surface area contributed by atoms with Crippen molar-refractivity contribution in [1.29, 1.82) is 0 Å². The van der Waals surface area contributed by atoms with Crippen molar-refractivity contribution in [2.24, 2.45) is 0 Å². The monoisotopic (exact) mass is 339 g/mol. The Morgan fingerprint density at radius 1 is 1.24 bits per heavy atom. The highest BCUT2D eigenvalue weighted by atomic mass is 16.2. The summed E-state index contributed by atoms with van der Waals surface area (Å²) < 4.78 is 2.04. The van der Waals surface area contributed by atoms with Crippen LogP contribution in [-0.2, 0) is 11.2 Å². The highest BCUT2D eigenvalue weighted by Gasteiger charge is 2.29. The van der Waals surface area contributed by atoms with E-state index in [0.29, 0.717) is 12.6 Å². The van der Waals surface area contributed by atoms with E-state index in [9.17, 15) is 4.79 Å². The summed E-state index contributed by atoms with van der Waals surface area (Å²) >= 11 is 0. The third kappa shape index (κ3) is 3.18. The second-order valence-electron chi connectivity index (χ2n) is 7.11. The summed E-state index contributed by atoms with van der Waals surface area (Å²) in [6.07, 6.45) is 3.15. The number of benzene rings is 1. The molecule has 1 fully saturated rings. The van der Waals surface area contributed by atoms with Crippen molar-refractivity contribution < 1.29 is 4.79 Å². The average Bonchev–Trinajstić information content (AvgIpc) is 3.18. The van der Waals surface area contributed by atoms with Crippen LogP contribution in [0.3, 0.4) is 0 Å². The number of para-hydroxylation sites is 1. The molecule has 1 amide bonds. The second-order valence-corrected chi connectivity index (χ2v) is 7.11. The van der Waals surface area contributed by atoms with E-state index in [1.54, 1.807) is 0 Å². The minimum absolute atomic E-state index is 0.206. The van der Waals surface area contributed by atoms with Gasteiger partial charge in [0.2, 0.25) is 5.91 Å². The number of anilines is 1. The number of amides is 1. The molecule has 25 heavy (non-hydrogen) atoms. The van der Waals surface area contributed by atoms with Crippen molar-refractivity contribution in [3.8, 4) is 0 Å². The number of piperidine rings is 1. The molecule has 0 saturated carbocycles. The molecule has 3 heterocycles. The molecule has 1 aromatic carbocycles. The molecule has 0 radical (unpaired) electrons. The van der Waals surface area contributed by atoms with Gasteiger partial charge in [0.1, 0.15) is 11.6 Å². The third-order valence-electron chi connectivity index (χ3n) is 5.28. The fourth-order valence-electron chi connectivity index (χ4n) is 4.13. The van der Waals surface area contributed by atoms with E-state index < -0.39 is 0 Å². The molecule has 0 aliphatic carbocycles. The number of fused-ring (bicyclic) bond motifs is 1. The molecule has 132 valence electrons. The minimum Gasteiger partial charge on any atom is -0.311 e. The van der Waals surface area contributed by atoms with Crippen LogP contribution in [-0.4, -0.2) is 51.8 Å². The normalized spacial score (nSPS) is 20.7. The molecular weight excluding hydrogens is 314 g/mol. The number of carbonyl (C=O) groups is 1. The van der Waals surface area contributed by atoms with Crippen LogP contribution in [0.5, 0.6) is 0 Å². The van der Waals surface area contributed by atoms with E-state index in [2.05, 4.69) is 27.1 Å². The maximum atomic E-state index is 12.8. The van der Waals surface area contributed by atoms with Crippen LogP contribution < -0.4 is 4.90 Å². The molecule has 0 N–H and O–H groups in total. The molecule has 2 aromatic rings. The fourth-order valence-corrected chi connectivity index (χ4v) is 4.13. The number of hydrogen-bond donors (Lipinski definition) is 0. The first kappa shape index (κ1) is 16.3. The molecule has 1 unspecified atom stereocenters. The van der Waals surface area contributed by atoms with Crippen LogP contribution in [0.2, 0.25) is 0 Å². The smallest absolute Gasteiger partial charge is 0.241 e. The summed E-state index contributed by atoms with van der Waals surface area (Å²) in [6.45, 7) is 7.06. The Bertz CT molecular complexity index is 784. The van der Waals surface area contributed by atoms with Gasteiger partial charge in [0.15, 0.2) is 0 Å². The maximum Gasteiger partial charge on any atom is 0.241 e. The van der Waals surface area contributed by atoms with Crippen molar-refractivity contribution in [1.82, 2.24) is 19.7 Å². The average molecular weight is 339 g/mol. The van der Waals surface area contributed by atoms with Crippen LogP contribution in [0, 0.1) is 13.8 Å². The Hall–Kier alpha value is -2.21. The molecule has 4 rings (SSSR count). The van der Waals surface area contributed by atoms with Gasteiger partial charge < -0.3 is 4.90 Å². The molecular formula is C19H25N5O. The number of aryl methyl sites for hydroxylation is 2. The Morgan fingerprint density at radius 2 is 2.08 bits per heavy atom. The molecule has 1 saturated heterocycles. The molecule has 1 aromatic heterocycles. The molecule has 2 aliphatic rings. The summed E-state index contributed by atoms with van der Waals surface area (Å²) in [4.78, 5) is 21.5. The van der Waals surface area contributed by atoms with Gasteiger partial charge in [0.25, 0.3) is 0 Å². The largest absolute Gasteiger partial charge is 0.311 e. The number of aromatic nitrogens is 3. The van der Waals surface area contributed by atoms with Crippen LogP contribution in [0.1, 0.15) is 36.1 Å². The fraction of sp³-hybridized carbons (Fsp3) is 0.526. The molecule has 6 heteroatoms. The third-order valence-corrected chi connectivity index (χ3v) is 5.28. The molecule has 2 aliphatic heterocycles. The van der Waals surface area contributed by atoms with Gasteiger partial charge >= 0.3 is 0 Å². The highest BCUT2D eigenvalue weighted by Crippen LogP contribution is 2.28. The zero-order valence-electron chi connectivity index (χ0n) is 15.0. The van der Waals surface area contributed by atoms with Gasteiger partial charge in [0.05, 0.1) is 12.6 Å². The first-order valence-electron chi connectivity index (χ1n) is 9.12. The van der Waals surface area contributed by atoms with E-state index >= 15 is 0 Å². The summed E-state index contributed by atoms with van der Waals surface area (Å²) in [5.41, 5.74) is 2.37. The predicted octanol–water partition coefficient (Wildman–Crippen LogP) is 2.12. The van der Waals surface area contributed by atoms with Crippen LogP contribution >= 0.6 is 0 Å². The zero-order chi connectivity index (χ0) is 17.4. The van der Waals surface area contributed by atoms with Gasteiger partial charge in [-0.1, -0.05) is 18.2 Å². The molecule has 0 bridgehead atoms. The Kier molecular flexibility index (Phi) is 4.29. The van der Waals surface area contributed by atoms with Crippen molar-refractivity contribution >= 4 is 11.6 Å². The SMILES string of the molecule is Cc1nc(C)n(C2CCCN(CC(=O)N3CCc4ccccc43)C2)n1. The van der Waals surface area contributed by atoms with Gasteiger partial charge in [0, 0.05) is 18.8 Å². The lowest BCUT2D eigenvalue weighted by Gasteiger charge is -2.33. The standard InChI is InChI=1S/C19H25N5O/c1-14-20-15(2)24(21-14)17-7-5-10-22(12-17)13-19(25)23-11-9-16-6-3-4-8-18(16)23/h3-4,6,8,17H,5,7,9-13H2,1-2H3. The first-order chi connectivity index (χ1) is 12.1. The zero-order valence-corrected chi connectivity index (χ0v) is 15.0. The van der Waals surface area contributed by atoms with E-state index in [0.717, 1.165) is 56.2 Å². The highest BCUT2D eigenvalue weighted by molar-refractivity contribution is 5.96. The van der Waals surface area contributed by atoms with Gasteiger partial charge in [-0.25, -0.2) is 9.67 Å². The Balaban J connectivity index is 1.43. The molecule has 0 spiro atoms. The summed E-state index contributed by atoms with van der Waals surface area (Å²) in [5.74, 6) is 1.99. The second kappa shape index (κ2) is 6.59. The topological polar surface area (TPSA) is 54.3 Å². The minimum atomic E-state index is 0.206. The summed E-state index contributed by atoms with van der Waals surface area (Å²) in [6, 6.07) is 8.55. The van der Waals surface area contributed by atoms with E-state index in [1.165, 1.54) is 5.56 Å². The lowest BCUT2D eigenvalue weighted by atomic mass is 10.1. The van der Waals surface area contributed by atoms with Crippen LogP contribution in [0.4, 0.5) is 5.69 Å². The van der Waals surface area contributed by atoms with Crippen molar-refractivity contribution in [2.75, 3.05) is 31.1 Å². The Morgan fingerprint density at radius 3 is 2.88 bits per heavy atom. The van der Waals surface area contributed by atoms with Crippen molar-refractivity contribution in [3.05, 3.63) is 41.5 Å². The number of rotatable bonds is 3. The summed E-state index contributed by atoms with van der Waals surface area (Å²) in [7, 11) is 0. The van der Waals surface area contributed by atoms with E-state index in [1.807, 2.05) is 35.6 Å². The Labute approximate surface area is 148 Å².